The van der Waals surface area contributed by atoms with Crippen LogP contribution in [-0.2, 0) is 15.6 Å². The van der Waals surface area contributed by atoms with Gasteiger partial charge in [0.05, 0.1) is 11.5 Å². The fraction of sp³-hybridized carbons (Fsp3) is 0.400. The molecule has 0 radical (unpaired) electrons. The molecule has 0 atom stereocenters. The van der Waals surface area contributed by atoms with Crippen LogP contribution < -0.4 is 0 Å². The first kappa shape index (κ1) is 12.5. The Bertz CT molecular complexity index is 505. The van der Waals surface area contributed by atoms with Crippen LogP contribution in [0.4, 0.5) is 0 Å². The highest BCUT2D eigenvalue weighted by atomic mass is 32.2. The van der Waals surface area contributed by atoms with Gasteiger partial charge in [0.15, 0.2) is 9.84 Å². The van der Waals surface area contributed by atoms with Gasteiger partial charge in [-0.05, 0) is 18.0 Å². The third-order valence-electron chi connectivity index (χ3n) is 2.03. The van der Waals surface area contributed by atoms with E-state index in [9.17, 15) is 8.42 Å². The Hall–Kier alpha value is -1.52. The Balaban J connectivity index is 2.69. The molecule has 0 aliphatic rings. The van der Waals surface area contributed by atoms with E-state index in [-0.39, 0.29) is 18.1 Å². The number of azide groups is 1. The molecule has 0 spiro atoms. The summed E-state index contributed by atoms with van der Waals surface area (Å²) in [4.78, 5) is 2.52. The molecule has 0 heterocycles. The third kappa shape index (κ3) is 4.33. The molecule has 0 amide bonds. The molecule has 16 heavy (non-hydrogen) atoms. The van der Waals surface area contributed by atoms with Crippen molar-refractivity contribution >= 4 is 9.84 Å². The zero-order valence-corrected chi connectivity index (χ0v) is 9.81. The Morgan fingerprint density at radius 1 is 1.44 bits per heavy atom. The molecule has 0 saturated heterocycles. The third-order valence-corrected chi connectivity index (χ3v) is 3.61. The highest BCUT2D eigenvalue weighted by molar-refractivity contribution is 7.90. The second-order valence-corrected chi connectivity index (χ2v) is 5.72. The van der Waals surface area contributed by atoms with Gasteiger partial charge >= 0.3 is 0 Å². The largest absolute Gasteiger partial charge is 0.228 e. The predicted molar refractivity (Wildman–Crippen MR) is 62.7 cm³/mol. The maximum absolute atomic E-state index is 11.6. The zero-order chi connectivity index (χ0) is 12.0. The summed E-state index contributed by atoms with van der Waals surface area (Å²) < 4.78 is 23.2. The number of benzene rings is 1. The summed E-state index contributed by atoms with van der Waals surface area (Å²) >= 11 is 0. The SMILES string of the molecule is Cc1cccc(CS(=O)(=O)CCN=[N+]=[N-])c1. The van der Waals surface area contributed by atoms with E-state index in [1.807, 2.05) is 25.1 Å². The van der Waals surface area contributed by atoms with Crippen molar-refractivity contribution in [3.05, 3.63) is 45.8 Å². The minimum atomic E-state index is -3.19. The van der Waals surface area contributed by atoms with Crippen molar-refractivity contribution < 1.29 is 8.42 Å². The molecule has 6 heteroatoms. The number of hydrogen-bond acceptors (Lipinski definition) is 3. The van der Waals surface area contributed by atoms with Gasteiger partial charge in [0.2, 0.25) is 0 Å². The summed E-state index contributed by atoms with van der Waals surface area (Å²) in [5.74, 6) is -0.110. The first-order valence-corrected chi connectivity index (χ1v) is 6.62. The Kier molecular flexibility index (Phi) is 4.34. The number of aryl methyl sites for hydroxylation is 1. The van der Waals surface area contributed by atoms with Crippen molar-refractivity contribution in [3.63, 3.8) is 0 Å². The van der Waals surface area contributed by atoms with Gasteiger partial charge in [-0.2, -0.15) is 0 Å². The number of nitrogens with zero attached hydrogens (tertiary/aromatic N) is 3. The van der Waals surface area contributed by atoms with Crippen LogP contribution in [0.5, 0.6) is 0 Å². The van der Waals surface area contributed by atoms with Crippen molar-refractivity contribution in [3.8, 4) is 0 Å². The van der Waals surface area contributed by atoms with Crippen LogP contribution in [-0.4, -0.2) is 20.7 Å². The molecular weight excluding hydrogens is 226 g/mol. The monoisotopic (exact) mass is 239 g/mol. The van der Waals surface area contributed by atoms with E-state index < -0.39 is 9.84 Å². The van der Waals surface area contributed by atoms with Crippen LogP contribution in [0.15, 0.2) is 29.4 Å². The zero-order valence-electron chi connectivity index (χ0n) is 9.00. The van der Waals surface area contributed by atoms with Crippen LogP contribution in [0.2, 0.25) is 0 Å². The summed E-state index contributed by atoms with van der Waals surface area (Å²) in [6.07, 6.45) is 0. The Labute approximate surface area is 94.7 Å². The van der Waals surface area contributed by atoms with Crippen molar-refractivity contribution in [1.82, 2.24) is 0 Å². The lowest BCUT2D eigenvalue weighted by molar-refractivity contribution is 0.595. The second kappa shape index (κ2) is 5.53. The molecule has 0 bridgehead atoms. The van der Waals surface area contributed by atoms with Crippen molar-refractivity contribution in [2.45, 2.75) is 12.7 Å². The first-order valence-electron chi connectivity index (χ1n) is 4.80. The molecular formula is C10H13N3O2S. The predicted octanol–water partition coefficient (Wildman–Crippen LogP) is 2.22. The molecule has 1 aromatic carbocycles. The quantitative estimate of drug-likeness (QED) is 0.448. The molecule has 0 unspecified atom stereocenters. The van der Waals surface area contributed by atoms with Crippen molar-refractivity contribution in [2.24, 2.45) is 5.11 Å². The van der Waals surface area contributed by atoms with E-state index in [0.29, 0.717) is 0 Å². The second-order valence-electron chi connectivity index (χ2n) is 3.54. The minimum Gasteiger partial charge on any atom is -0.228 e. The molecule has 5 nitrogen and oxygen atoms in total. The average Bonchev–Trinajstić information content (AvgIpc) is 2.17. The maximum Gasteiger partial charge on any atom is 0.154 e. The highest BCUT2D eigenvalue weighted by Crippen LogP contribution is 2.09. The number of hydrogen-bond donors (Lipinski definition) is 0. The molecule has 0 aliphatic heterocycles. The average molecular weight is 239 g/mol. The van der Waals surface area contributed by atoms with Gasteiger partial charge in [0.25, 0.3) is 0 Å². The summed E-state index contributed by atoms with van der Waals surface area (Å²) in [5, 5.41) is 3.22. The maximum atomic E-state index is 11.6. The molecule has 0 fully saturated rings. The lowest BCUT2D eigenvalue weighted by Gasteiger charge is -2.03. The van der Waals surface area contributed by atoms with Crippen LogP contribution in [0, 0.1) is 6.92 Å². The fourth-order valence-electron chi connectivity index (χ4n) is 1.35. The van der Waals surface area contributed by atoms with Gasteiger partial charge in [0.1, 0.15) is 0 Å². The van der Waals surface area contributed by atoms with Gasteiger partial charge in [-0.3, -0.25) is 0 Å². The van der Waals surface area contributed by atoms with Gasteiger partial charge < -0.3 is 0 Å². The standard InChI is InChI=1S/C10H13N3O2S/c1-9-3-2-4-10(7-9)8-16(14,15)6-5-12-13-11/h2-4,7H,5-6,8H2,1H3. The topological polar surface area (TPSA) is 82.9 Å². The first-order chi connectivity index (χ1) is 7.53. The van der Waals surface area contributed by atoms with Gasteiger partial charge in [-0.15, -0.1) is 0 Å². The minimum absolute atomic E-state index is 0.00434. The van der Waals surface area contributed by atoms with Crippen LogP contribution >= 0.6 is 0 Å². The molecule has 0 aromatic heterocycles. The number of sulfone groups is 1. The summed E-state index contributed by atoms with van der Waals surface area (Å²) in [6.45, 7) is 1.90. The van der Waals surface area contributed by atoms with E-state index in [1.54, 1.807) is 6.07 Å². The van der Waals surface area contributed by atoms with E-state index >= 15 is 0 Å². The van der Waals surface area contributed by atoms with E-state index in [4.69, 9.17) is 5.53 Å². The smallest absolute Gasteiger partial charge is 0.154 e. The van der Waals surface area contributed by atoms with E-state index in [2.05, 4.69) is 10.0 Å². The van der Waals surface area contributed by atoms with Gasteiger partial charge in [-0.25, -0.2) is 8.42 Å². The molecule has 1 rings (SSSR count). The van der Waals surface area contributed by atoms with Crippen molar-refractivity contribution in [2.75, 3.05) is 12.3 Å². The van der Waals surface area contributed by atoms with Gasteiger partial charge in [-0.1, -0.05) is 34.9 Å². The van der Waals surface area contributed by atoms with Crippen molar-refractivity contribution in [1.29, 1.82) is 0 Å². The normalized spacial score (nSPS) is 10.8. The lowest BCUT2D eigenvalue weighted by Crippen LogP contribution is -2.11. The summed E-state index contributed by atoms with van der Waals surface area (Å²) in [6, 6.07) is 7.35. The van der Waals surface area contributed by atoms with E-state index in [0.717, 1.165) is 11.1 Å². The molecule has 0 N–H and O–H groups in total. The molecule has 86 valence electrons. The summed E-state index contributed by atoms with van der Waals surface area (Å²) in [5.41, 5.74) is 9.85. The van der Waals surface area contributed by atoms with Crippen LogP contribution in [0.25, 0.3) is 10.4 Å². The highest BCUT2D eigenvalue weighted by Gasteiger charge is 2.10. The van der Waals surface area contributed by atoms with E-state index in [1.165, 1.54) is 0 Å². The van der Waals surface area contributed by atoms with Crippen LogP contribution in [0.1, 0.15) is 11.1 Å². The van der Waals surface area contributed by atoms with Crippen LogP contribution in [0.3, 0.4) is 0 Å². The molecule has 1 aromatic rings. The van der Waals surface area contributed by atoms with Gasteiger partial charge in [0, 0.05) is 11.5 Å². The summed E-state index contributed by atoms with van der Waals surface area (Å²) in [7, 11) is -3.19. The Morgan fingerprint density at radius 2 is 2.19 bits per heavy atom. The molecule has 0 aliphatic carbocycles. The fourth-order valence-corrected chi connectivity index (χ4v) is 2.54. The number of rotatable bonds is 5. The lowest BCUT2D eigenvalue weighted by atomic mass is 10.2. The Morgan fingerprint density at radius 3 is 2.81 bits per heavy atom. The molecule has 0 saturated carbocycles.